The normalized spacial score (nSPS) is 19.0. The van der Waals surface area contributed by atoms with Crippen LogP contribution in [0.1, 0.15) is 18.4 Å². The zero-order valence-corrected chi connectivity index (χ0v) is 12.8. The number of ether oxygens (including phenoxy) is 1. The van der Waals surface area contributed by atoms with Crippen LogP contribution in [-0.4, -0.2) is 29.7 Å². The van der Waals surface area contributed by atoms with Gasteiger partial charge in [0.1, 0.15) is 11.5 Å². The van der Waals surface area contributed by atoms with Crippen LogP contribution in [0.25, 0.3) is 0 Å². The van der Waals surface area contributed by atoms with Gasteiger partial charge in [0, 0.05) is 19.7 Å². The monoisotopic (exact) mass is 297 g/mol. The summed E-state index contributed by atoms with van der Waals surface area (Å²) in [5.41, 5.74) is 1.26. The standard InChI is InChI=1S/C19H23NO2/c21-15-17-7-5-11-20(14-17)13-16-6-4-10-19(12-16)22-18-8-2-1-3-9-18/h1-4,6,8-10,12,17,21H,5,7,11,13-15H2/t17-/m1/s1. The Kier molecular flexibility index (Phi) is 5.09. The van der Waals surface area contributed by atoms with Gasteiger partial charge in [-0.05, 0) is 55.1 Å². The molecule has 1 fully saturated rings. The van der Waals surface area contributed by atoms with E-state index in [1.54, 1.807) is 0 Å². The summed E-state index contributed by atoms with van der Waals surface area (Å²) in [7, 11) is 0. The molecule has 0 aliphatic carbocycles. The third-order valence-corrected chi connectivity index (χ3v) is 4.14. The molecule has 0 amide bonds. The number of rotatable bonds is 5. The maximum Gasteiger partial charge on any atom is 0.127 e. The lowest BCUT2D eigenvalue weighted by atomic mass is 9.98. The van der Waals surface area contributed by atoms with Gasteiger partial charge in [-0.3, -0.25) is 4.90 Å². The first-order valence-electron chi connectivity index (χ1n) is 7.98. The Balaban J connectivity index is 1.64. The molecular weight excluding hydrogens is 274 g/mol. The largest absolute Gasteiger partial charge is 0.457 e. The number of piperidine rings is 1. The van der Waals surface area contributed by atoms with Crippen LogP contribution in [0.5, 0.6) is 11.5 Å². The molecule has 3 heteroatoms. The number of benzene rings is 2. The molecule has 0 radical (unpaired) electrons. The molecular formula is C19H23NO2. The number of nitrogens with zero attached hydrogens (tertiary/aromatic N) is 1. The molecule has 0 saturated carbocycles. The summed E-state index contributed by atoms with van der Waals surface area (Å²) >= 11 is 0. The van der Waals surface area contributed by atoms with E-state index >= 15 is 0 Å². The molecule has 22 heavy (non-hydrogen) atoms. The molecule has 0 aromatic heterocycles. The van der Waals surface area contributed by atoms with E-state index in [1.807, 2.05) is 42.5 Å². The predicted octanol–water partition coefficient (Wildman–Crippen LogP) is 3.68. The van der Waals surface area contributed by atoms with E-state index in [0.29, 0.717) is 12.5 Å². The Morgan fingerprint density at radius 1 is 1.05 bits per heavy atom. The maximum absolute atomic E-state index is 9.34. The van der Waals surface area contributed by atoms with E-state index in [1.165, 1.54) is 12.0 Å². The van der Waals surface area contributed by atoms with E-state index in [9.17, 15) is 5.11 Å². The summed E-state index contributed by atoms with van der Waals surface area (Å²) in [6, 6.07) is 18.1. The SMILES string of the molecule is OC[C@@H]1CCCN(Cc2cccc(Oc3ccccc3)c2)C1. The van der Waals surface area contributed by atoms with Gasteiger partial charge < -0.3 is 9.84 Å². The molecule has 0 unspecified atom stereocenters. The first-order chi connectivity index (χ1) is 10.8. The van der Waals surface area contributed by atoms with Gasteiger partial charge in [-0.15, -0.1) is 0 Å². The second-order valence-corrected chi connectivity index (χ2v) is 5.99. The van der Waals surface area contributed by atoms with Crippen LogP contribution >= 0.6 is 0 Å². The fourth-order valence-electron chi connectivity index (χ4n) is 3.03. The molecule has 0 bridgehead atoms. The lowest BCUT2D eigenvalue weighted by Crippen LogP contribution is -2.36. The smallest absolute Gasteiger partial charge is 0.127 e. The van der Waals surface area contributed by atoms with Crippen molar-refractivity contribution in [1.82, 2.24) is 4.90 Å². The molecule has 1 aliphatic heterocycles. The van der Waals surface area contributed by atoms with Crippen molar-refractivity contribution in [3.8, 4) is 11.5 Å². The Bertz CT molecular complexity index is 585. The van der Waals surface area contributed by atoms with Gasteiger partial charge in [-0.1, -0.05) is 30.3 Å². The molecule has 2 aromatic rings. The van der Waals surface area contributed by atoms with Crippen LogP contribution in [0.4, 0.5) is 0 Å². The molecule has 1 heterocycles. The Labute approximate surface area is 132 Å². The van der Waals surface area contributed by atoms with Crippen LogP contribution in [0.2, 0.25) is 0 Å². The fraction of sp³-hybridized carbons (Fsp3) is 0.368. The lowest BCUT2D eigenvalue weighted by Gasteiger charge is -2.31. The Morgan fingerprint density at radius 3 is 2.68 bits per heavy atom. The van der Waals surface area contributed by atoms with Crippen molar-refractivity contribution >= 4 is 0 Å². The van der Waals surface area contributed by atoms with Gasteiger partial charge in [0.15, 0.2) is 0 Å². The molecule has 1 N–H and O–H groups in total. The summed E-state index contributed by atoms with van der Waals surface area (Å²) in [5.74, 6) is 2.16. The first-order valence-corrected chi connectivity index (χ1v) is 7.98. The third-order valence-electron chi connectivity index (χ3n) is 4.14. The van der Waals surface area contributed by atoms with E-state index in [-0.39, 0.29) is 0 Å². The summed E-state index contributed by atoms with van der Waals surface area (Å²) < 4.78 is 5.89. The van der Waals surface area contributed by atoms with Crippen molar-refractivity contribution in [3.05, 3.63) is 60.2 Å². The quantitative estimate of drug-likeness (QED) is 0.913. The van der Waals surface area contributed by atoms with E-state index in [2.05, 4.69) is 17.0 Å². The Morgan fingerprint density at radius 2 is 1.86 bits per heavy atom. The zero-order chi connectivity index (χ0) is 15.2. The highest BCUT2D eigenvalue weighted by molar-refractivity contribution is 5.33. The number of likely N-dealkylation sites (tertiary alicyclic amines) is 1. The minimum absolute atomic E-state index is 0.299. The van der Waals surface area contributed by atoms with Gasteiger partial charge in [0.2, 0.25) is 0 Å². The summed E-state index contributed by atoms with van der Waals surface area (Å²) in [5, 5.41) is 9.34. The Hall–Kier alpha value is -1.84. The number of hydrogen-bond donors (Lipinski definition) is 1. The average Bonchev–Trinajstić information content (AvgIpc) is 2.56. The van der Waals surface area contributed by atoms with Gasteiger partial charge in [0.25, 0.3) is 0 Å². The maximum atomic E-state index is 9.34. The highest BCUT2D eigenvalue weighted by atomic mass is 16.5. The van der Waals surface area contributed by atoms with Gasteiger partial charge in [-0.2, -0.15) is 0 Å². The van der Waals surface area contributed by atoms with Crippen molar-refractivity contribution in [2.45, 2.75) is 19.4 Å². The highest BCUT2D eigenvalue weighted by Gasteiger charge is 2.19. The van der Waals surface area contributed by atoms with Gasteiger partial charge in [-0.25, -0.2) is 0 Å². The molecule has 116 valence electrons. The van der Waals surface area contributed by atoms with E-state index < -0.39 is 0 Å². The summed E-state index contributed by atoms with van der Waals surface area (Å²) in [4.78, 5) is 2.42. The van der Waals surface area contributed by atoms with Gasteiger partial charge in [0.05, 0.1) is 0 Å². The number of hydrogen-bond acceptors (Lipinski definition) is 3. The van der Waals surface area contributed by atoms with E-state index in [4.69, 9.17) is 4.74 Å². The number of para-hydroxylation sites is 1. The van der Waals surface area contributed by atoms with Crippen molar-refractivity contribution in [1.29, 1.82) is 0 Å². The summed E-state index contributed by atoms with van der Waals surface area (Å²) in [6.45, 7) is 3.32. The summed E-state index contributed by atoms with van der Waals surface area (Å²) in [6.07, 6.45) is 2.32. The molecule has 3 nitrogen and oxygen atoms in total. The molecule has 3 rings (SSSR count). The van der Waals surface area contributed by atoms with Crippen LogP contribution in [0.3, 0.4) is 0 Å². The lowest BCUT2D eigenvalue weighted by molar-refractivity contribution is 0.116. The van der Waals surface area contributed by atoms with Crippen LogP contribution in [-0.2, 0) is 6.54 Å². The van der Waals surface area contributed by atoms with Gasteiger partial charge >= 0.3 is 0 Å². The topological polar surface area (TPSA) is 32.7 Å². The van der Waals surface area contributed by atoms with Crippen molar-refractivity contribution in [2.24, 2.45) is 5.92 Å². The van der Waals surface area contributed by atoms with Crippen LogP contribution in [0, 0.1) is 5.92 Å². The first kappa shape index (κ1) is 15.1. The van der Waals surface area contributed by atoms with E-state index in [0.717, 1.165) is 37.6 Å². The number of aliphatic hydroxyl groups is 1. The molecule has 2 aromatic carbocycles. The number of aliphatic hydroxyl groups excluding tert-OH is 1. The third kappa shape index (κ3) is 4.09. The molecule has 1 atom stereocenters. The second kappa shape index (κ2) is 7.43. The molecule has 1 saturated heterocycles. The van der Waals surface area contributed by atoms with Crippen molar-refractivity contribution < 1.29 is 9.84 Å². The zero-order valence-electron chi connectivity index (χ0n) is 12.8. The van der Waals surface area contributed by atoms with Crippen molar-refractivity contribution in [3.63, 3.8) is 0 Å². The molecule has 0 spiro atoms. The minimum Gasteiger partial charge on any atom is -0.457 e. The van der Waals surface area contributed by atoms with Crippen LogP contribution in [0.15, 0.2) is 54.6 Å². The minimum atomic E-state index is 0.299. The second-order valence-electron chi connectivity index (χ2n) is 5.99. The predicted molar refractivity (Wildman–Crippen MR) is 88.0 cm³/mol. The van der Waals surface area contributed by atoms with Crippen molar-refractivity contribution in [2.75, 3.05) is 19.7 Å². The molecule has 1 aliphatic rings. The highest BCUT2D eigenvalue weighted by Crippen LogP contribution is 2.23. The fourth-order valence-corrected chi connectivity index (χ4v) is 3.03. The van der Waals surface area contributed by atoms with Crippen LogP contribution < -0.4 is 4.74 Å². The average molecular weight is 297 g/mol.